The monoisotopic (exact) mass is 323 g/mol. The number of hydrogen-bond donors (Lipinski definition) is 0. The molecular formula is C22H29NO. The van der Waals surface area contributed by atoms with Gasteiger partial charge in [-0.05, 0) is 80.1 Å². The number of nitrogens with zero attached hydrogens (tertiary/aromatic N) is 1. The van der Waals surface area contributed by atoms with Gasteiger partial charge in [0.25, 0.3) is 0 Å². The molecule has 0 radical (unpaired) electrons. The summed E-state index contributed by atoms with van der Waals surface area (Å²) >= 11 is 0. The van der Waals surface area contributed by atoms with Crippen LogP contribution in [0.25, 0.3) is 0 Å². The smallest absolute Gasteiger partial charge is 0.155 e. The van der Waals surface area contributed by atoms with Crippen LogP contribution < -0.4 is 0 Å². The molecule has 128 valence electrons. The Hall–Kier alpha value is -1.36. The van der Waals surface area contributed by atoms with Crippen LogP contribution in [-0.2, 0) is 4.79 Å². The molecule has 0 aromatic rings. The first-order chi connectivity index (χ1) is 11.5. The predicted octanol–water partition coefficient (Wildman–Crippen LogP) is 5.21. The van der Waals surface area contributed by atoms with Gasteiger partial charge >= 0.3 is 0 Å². The van der Waals surface area contributed by atoms with Crippen LogP contribution in [0, 0.1) is 45.8 Å². The van der Waals surface area contributed by atoms with Crippen molar-refractivity contribution in [3.63, 3.8) is 0 Å². The van der Waals surface area contributed by atoms with Crippen LogP contribution >= 0.6 is 0 Å². The highest BCUT2D eigenvalue weighted by molar-refractivity contribution is 5.91. The van der Waals surface area contributed by atoms with Crippen molar-refractivity contribution >= 4 is 5.78 Å². The van der Waals surface area contributed by atoms with Gasteiger partial charge in [0.2, 0.25) is 0 Å². The Kier molecular flexibility index (Phi) is 3.57. The molecule has 4 rings (SSSR count). The van der Waals surface area contributed by atoms with Crippen LogP contribution in [0.3, 0.4) is 0 Å². The van der Waals surface area contributed by atoms with Crippen molar-refractivity contribution in [1.82, 2.24) is 0 Å². The number of rotatable bonds is 1. The minimum atomic E-state index is -0.318. The molecule has 2 heteroatoms. The van der Waals surface area contributed by atoms with Gasteiger partial charge < -0.3 is 0 Å². The summed E-state index contributed by atoms with van der Waals surface area (Å²) in [6.45, 7) is 8.92. The van der Waals surface area contributed by atoms with Gasteiger partial charge in [-0.2, -0.15) is 5.26 Å². The lowest BCUT2D eigenvalue weighted by molar-refractivity contribution is -0.116. The van der Waals surface area contributed by atoms with Crippen LogP contribution in [0.2, 0.25) is 0 Å². The van der Waals surface area contributed by atoms with E-state index < -0.39 is 0 Å². The SMILES string of the molecule is C=C1C[C@H]2[C@@H]3CCC4=CC(=O)CC[C@@H]4[C@H]3CC[C@]2(C)[C@]1(C#N)CC. The maximum Gasteiger partial charge on any atom is 0.155 e. The van der Waals surface area contributed by atoms with Gasteiger partial charge in [-0.1, -0.05) is 31.6 Å². The van der Waals surface area contributed by atoms with Crippen molar-refractivity contribution in [2.45, 2.75) is 65.2 Å². The Labute approximate surface area is 146 Å². The van der Waals surface area contributed by atoms with E-state index in [1.54, 1.807) is 0 Å². The zero-order chi connectivity index (χ0) is 17.1. The van der Waals surface area contributed by atoms with Gasteiger partial charge in [-0.25, -0.2) is 0 Å². The van der Waals surface area contributed by atoms with Gasteiger partial charge in [-0.15, -0.1) is 0 Å². The Morgan fingerprint density at radius 2 is 2.08 bits per heavy atom. The van der Waals surface area contributed by atoms with E-state index in [-0.39, 0.29) is 10.8 Å². The molecule has 4 aliphatic carbocycles. The molecule has 0 heterocycles. The molecule has 4 aliphatic rings. The van der Waals surface area contributed by atoms with Crippen molar-refractivity contribution in [2.24, 2.45) is 34.5 Å². The molecule has 0 N–H and O–H groups in total. The highest BCUT2D eigenvalue weighted by atomic mass is 16.1. The topological polar surface area (TPSA) is 40.9 Å². The van der Waals surface area contributed by atoms with Crippen LogP contribution in [0.1, 0.15) is 65.2 Å². The summed E-state index contributed by atoms with van der Waals surface area (Å²) in [5.74, 6) is 3.04. The Balaban J connectivity index is 1.69. The van der Waals surface area contributed by atoms with E-state index in [4.69, 9.17) is 0 Å². The summed E-state index contributed by atoms with van der Waals surface area (Å²) in [6.07, 6.45) is 10.4. The van der Waals surface area contributed by atoms with Crippen LogP contribution in [0.5, 0.6) is 0 Å². The summed E-state index contributed by atoms with van der Waals surface area (Å²) in [7, 11) is 0. The van der Waals surface area contributed by atoms with Crippen molar-refractivity contribution in [2.75, 3.05) is 0 Å². The van der Waals surface area contributed by atoms with Crippen LogP contribution in [0.4, 0.5) is 0 Å². The molecular weight excluding hydrogens is 294 g/mol. The number of hydrogen-bond acceptors (Lipinski definition) is 2. The normalized spacial score (nSPS) is 47.3. The first-order valence-electron chi connectivity index (χ1n) is 9.79. The molecule has 0 amide bonds. The minimum Gasteiger partial charge on any atom is -0.295 e. The number of nitriles is 1. The van der Waals surface area contributed by atoms with Gasteiger partial charge in [-0.3, -0.25) is 4.79 Å². The third-order valence-corrected chi connectivity index (χ3v) is 8.46. The van der Waals surface area contributed by atoms with E-state index in [2.05, 4.69) is 26.5 Å². The zero-order valence-electron chi connectivity index (χ0n) is 15.1. The lowest BCUT2D eigenvalue weighted by atomic mass is 9.48. The molecule has 0 bridgehead atoms. The largest absolute Gasteiger partial charge is 0.295 e. The number of allylic oxidation sites excluding steroid dienone is 2. The van der Waals surface area contributed by atoms with Crippen molar-refractivity contribution in [1.29, 1.82) is 5.26 Å². The Bertz CT molecular complexity index is 668. The number of ketones is 1. The summed E-state index contributed by atoms with van der Waals surface area (Å²) in [5, 5.41) is 10.0. The van der Waals surface area contributed by atoms with Crippen molar-refractivity contribution < 1.29 is 4.79 Å². The summed E-state index contributed by atoms with van der Waals surface area (Å²) < 4.78 is 0. The molecule has 0 aliphatic heterocycles. The first-order valence-corrected chi connectivity index (χ1v) is 9.79. The highest BCUT2D eigenvalue weighted by Crippen LogP contribution is 2.69. The van der Waals surface area contributed by atoms with Crippen LogP contribution in [-0.4, -0.2) is 5.78 Å². The third-order valence-electron chi connectivity index (χ3n) is 8.46. The second-order valence-electron chi connectivity index (χ2n) is 8.94. The molecule has 2 nitrogen and oxygen atoms in total. The average molecular weight is 323 g/mol. The fraction of sp³-hybridized carbons (Fsp3) is 0.727. The average Bonchev–Trinajstić information content (AvgIpc) is 2.81. The van der Waals surface area contributed by atoms with Crippen molar-refractivity contribution in [3.05, 3.63) is 23.8 Å². The maximum absolute atomic E-state index is 11.8. The molecule has 0 saturated heterocycles. The lowest BCUT2D eigenvalue weighted by Crippen LogP contribution is -2.49. The number of carbonyl (C=O) groups excluding carboxylic acids is 1. The summed E-state index contributed by atoms with van der Waals surface area (Å²) in [4.78, 5) is 11.8. The molecule has 3 saturated carbocycles. The van der Waals surface area contributed by atoms with Crippen molar-refractivity contribution in [3.8, 4) is 6.07 Å². The predicted molar refractivity (Wildman–Crippen MR) is 95.0 cm³/mol. The molecule has 24 heavy (non-hydrogen) atoms. The van der Waals surface area contributed by atoms with E-state index in [1.165, 1.54) is 24.0 Å². The fourth-order valence-electron chi connectivity index (χ4n) is 7.19. The van der Waals surface area contributed by atoms with Crippen LogP contribution in [0.15, 0.2) is 23.8 Å². The quantitative estimate of drug-likeness (QED) is 0.621. The second-order valence-corrected chi connectivity index (χ2v) is 8.94. The molecule has 0 spiro atoms. The Morgan fingerprint density at radius 1 is 1.29 bits per heavy atom. The second kappa shape index (κ2) is 5.32. The van der Waals surface area contributed by atoms with Gasteiger partial charge in [0.05, 0.1) is 11.5 Å². The Morgan fingerprint density at radius 3 is 2.79 bits per heavy atom. The molecule has 0 aromatic carbocycles. The number of fused-ring (bicyclic) bond motifs is 5. The first kappa shape index (κ1) is 16.1. The highest BCUT2D eigenvalue weighted by Gasteiger charge is 2.63. The van der Waals surface area contributed by atoms with E-state index in [1.807, 2.05) is 6.08 Å². The van der Waals surface area contributed by atoms with E-state index in [0.29, 0.717) is 17.6 Å². The van der Waals surface area contributed by atoms with E-state index >= 15 is 0 Å². The fourth-order valence-corrected chi connectivity index (χ4v) is 7.19. The molecule has 6 atom stereocenters. The standard InChI is InChI=1S/C22H29NO/c1-4-22(13-23)14(2)11-20-19-7-5-15-12-16(24)6-8-17(15)18(19)9-10-21(20,22)3/h12,17-20H,2,4-11H2,1,3H3/t17-,18+,19+,20-,21-,22-/m0/s1. The summed E-state index contributed by atoms with van der Waals surface area (Å²) in [6, 6.07) is 2.72. The lowest BCUT2D eigenvalue weighted by Gasteiger charge is -2.55. The molecule has 0 unspecified atom stereocenters. The van der Waals surface area contributed by atoms with Gasteiger partial charge in [0, 0.05) is 6.42 Å². The van der Waals surface area contributed by atoms with E-state index in [9.17, 15) is 10.1 Å². The third kappa shape index (κ3) is 1.85. The van der Waals surface area contributed by atoms with Gasteiger partial charge in [0.1, 0.15) is 0 Å². The zero-order valence-corrected chi connectivity index (χ0v) is 15.1. The van der Waals surface area contributed by atoms with Gasteiger partial charge in [0.15, 0.2) is 5.78 Å². The molecule has 0 aromatic heterocycles. The number of carbonyl (C=O) groups is 1. The van der Waals surface area contributed by atoms with E-state index in [0.717, 1.165) is 50.4 Å². The maximum atomic E-state index is 11.8. The minimum absolute atomic E-state index is 0.0977. The molecule has 3 fully saturated rings. The summed E-state index contributed by atoms with van der Waals surface area (Å²) in [5.41, 5.74) is 2.41.